The molecule has 2 atom stereocenters. The summed E-state index contributed by atoms with van der Waals surface area (Å²) in [5.74, 6) is 0.757. The van der Waals surface area contributed by atoms with Gasteiger partial charge in [-0.15, -0.1) is 0 Å². The number of hydrogen-bond donors (Lipinski definition) is 1. The lowest BCUT2D eigenvalue weighted by Crippen LogP contribution is -2.46. The van der Waals surface area contributed by atoms with Crippen molar-refractivity contribution in [1.82, 2.24) is 10.2 Å². The van der Waals surface area contributed by atoms with E-state index in [1.807, 2.05) is 0 Å². The van der Waals surface area contributed by atoms with Gasteiger partial charge in [0.2, 0.25) is 0 Å². The van der Waals surface area contributed by atoms with Crippen molar-refractivity contribution >= 4 is 0 Å². The van der Waals surface area contributed by atoms with Gasteiger partial charge in [0.15, 0.2) is 0 Å². The topological polar surface area (TPSA) is 15.3 Å². The number of nitrogens with zero attached hydrogens (tertiary/aromatic N) is 1. The van der Waals surface area contributed by atoms with Gasteiger partial charge in [-0.2, -0.15) is 0 Å². The van der Waals surface area contributed by atoms with Gasteiger partial charge >= 0.3 is 0 Å². The van der Waals surface area contributed by atoms with E-state index in [0.717, 1.165) is 24.5 Å². The predicted molar refractivity (Wildman–Crippen MR) is 58.0 cm³/mol. The van der Waals surface area contributed by atoms with Crippen molar-refractivity contribution in [2.45, 2.75) is 45.7 Å². The Labute approximate surface area is 82.7 Å². The van der Waals surface area contributed by atoms with Gasteiger partial charge in [-0.05, 0) is 39.3 Å². The second-order valence-corrected chi connectivity index (χ2v) is 4.60. The van der Waals surface area contributed by atoms with E-state index >= 15 is 0 Å². The van der Waals surface area contributed by atoms with Gasteiger partial charge in [-0.3, -0.25) is 4.90 Å². The van der Waals surface area contributed by atoms with E-state index in [0.29, 0.717) is 0 Å². The van der Waals surface area contributed by atoms with E-state index in [4.69, 9.17) is 0 Å². The van der Waals surface area contributed by atoms with Crippen LogP contribution in [-0.2, 0) is 0 Å². The van der Waals surface area contributed by atoms with Crippen molar-refractivity contribution < 1.29 is 0 Å². The van der Waals surface area contributed by atoms with E-state index in [-0.39, 0.29) is 0 Å². The number of rotatable bonds is 4. The van der Waals surface area contributed by atoms with Gasteiger partial charge in [-0.25, -0.2) is 0 Å². The van der Waals surface area contributed by atoms with E-state index < -0.39 is 0 Å². The monoisotopic (exact) mass is 184 g/mol. The summed E-state index contributed by atoms with van der Waals surface area (Å²) in [6.07, 6.45) is 2.76. The number of likely N-dealkylation sites (tertiary alicyclic amines) is 1. The molecule has 0 amide bonds. The van der Waals surface area contributed by atoms with Crippen molar-refractivity contribution in [3.05, 3.63) is 0 Å². The molecule has 2 heteroatoms. The second kappa shape index (κ2) is 4.97. The van der Waals surface area contributed by atoms with Crippen molar-refractivity contribution in [3.63, 3.8) is 0 Å². The summed E-state index contributed by atoms with van der Waals surface area (Å²) in [6.45, 7) is 9.44. The molecule has 2 unspecified atom stereocenters. The molecule has 2 nitrogen and oxygen atoms in total. The molecule has 1 saturated heterocycles. The standard InChI is InChI=1S/C11H24N2/c1-9(2)11(8-12-4)13-7-5-6-10(13)3/h9-12H,5-8H2,1-4H3. The van der Waals surface area contributed by atoms with E-state index in [2.05, 4.69) is 38.0 Å². The zero-order valence-electron chi connectivity index (χ0n) is 9.51. The fourth-order valence-electron chi connectivity index (χ4n) is 2.39. The summed E-state index contributed by atoms with van der Waals surface area (Å²) in [6, 6.07) is 1.52. The van der Waals surface area contributed by atoms with Crippen LogP contribution >= 0.6 is 0 Å². The highest BCUT2D eigenvalue weighted by Gasteiger charge is 2.28. The minimum Gasteiger partial charge on any atom is -0.318 e. The molecular formula is C11H24N2. The third kappa shape index (κ3) is 2.68. The molecule has 0 bridgehead atoms. The molecular weight excluding hydrogens is 160 g/mol. The Morgan fingerprint density at radius 3 is 2.54 bits per heavy atom. The van der Waals surface area contributed by atoms with Crippen molar-refractivity contribution in [3.8, 4) is 0 Å². The van der Waals surface area contributed by atoms with E-state index in [1.54, 1.807) is 0 Å². The Bertz CT molecular complexity index is 145. The fraction of sp³-hybridized carbons (Fsp3) is 1.00. The Kier molecular flexibility index (Phi) is 4.20. The smallest absolute Gasteiger partial charge is 0.0246 e. The summed E-state index contributed by atoms with van der Waals surface area (Å²) < 4.78 is 0. The van der Waals surface area contributed by atoms with Crippen molar-refractivity contribution in [2.75, 3.05) is 20.1 Å². The first-order chi connectivity index (χ1) is 6.16. The molecule has 0 aromatic carbocycles. The molecule has 0 aliphatic carbocycles. The molecule has 13 heavy (non-hydrogen) atoms. The summed E-state index contributed by atoms with van der Waals surface area (Å²) >= 11 is 0. The highest BCUT2D eigenvalue weighted by Crippen LogP contribution is 2.22. The Morgan fingerprint density at radius 2 is 2.15 bits per heavy atom. The van der Waals surface area contributed by atoms with E-state index in [9.17, 15) is 0 Å². The number of hydrogen-bond acceptors (Lipinski definition) is 2. The average molecular weight is 184 g/mol. The van der Waals surface area contributed by atoms with Crippen LogP contribution in [0.15, 0.2) is 0 Å². The molecule has 0 aromatic heterocycles. The minimum absolute atomic E-state index is 0.725. The summed E-state index contributed by atoms with van der Waals surface area (Å²) in [4.78, 5) is 2.67. The lowest BCUT2D eigenvalue weighted by molar-refractivity contribution is 0.147. The molecule has 1 N–H and O–H groups in total. The molecule has 1 aliphatic heterocycles. The molecule has 0 aromatic rings. The maximum Gasteiger partial charge on any atom is 0.0246 e. The quantitative estimate of drug-likeness (QED) is 0.715. The predicted octanol–water partition coefficient (Wildman–Crippen LogP) is 1.71. The summed E-state index contributed by atoms with van der Waals surface area (Å²) in [5.41, 5.74) is 0. The first kappa shape index (κ1) is 11.0. The lowest BCUT2D eigenvalue weighted by Gasteiger charge is -2.34. The van der Waals surface area contributed by atoms with Crippen LogP contribution < -0.4 is 5.32 Å². The summed E-state index contributed by atoms with van der Waals surface area (Å²) in [7, 11) is 2.05. The summed E-state index contributed by atoms with van der Waals surface area (Å²) in [5, 5.41) is 3.30. The van der Waals surface area contributed by atoms with Gasteiger partial charge in [0, 0.05) is 18.6 Å². The third-order valence-corrected chi connectivity index (χ3v) is 3.21. The number of likely N-dealkylation sites (N-methyl/N-ethyl adjacent to an activating group) is 1. The highest BCUT2D eigenvalue weighted by molar-refractivity contribution is 4.84. The highest BCUT2D eigenvalue weighted by atomic mass is 15.2. The van der Waals surface area contributed by atoms with E-state index in [1.165, 1.54) is 19.4 Å². The Balaban J connectivity index is 2.52. The van der Waals surface area contributed by atoms with Crippen LogP contribution in [0.1, 0.15) is 33.6 Å². The average Bonchev–Trinajstić information content (AvgIpc) is 2.47. The van der Waals surface area contributed by atoms with Gasteiger partial charge in [0.05, 0.1) is 0 Å². The van der Waals surface area contributed by atoms with Crippen LogP contribution in [0.2, 0.25) is 0 Å². The first-order valence-electron chi connectivity index (χ1n) is 5.57. The normalized spacial score (nSPS) is 27.0. The van der Waals surface area contributed by atoms with Crippen molar-refractivity contribution in [1.29, 1.82) is 0 Å². The van der Waals surface area contributed by atoms with Crippen LogP contribution in [0.5, 0.6) is 0 Å². The van der Waals surface area contributed by atoms with Gasteiger partial charge in [0.25, 0.3) is 0 Å². The number of nitrogens with one attached hydrogen (secondary N) is 1. The third-order valence-electron chi connectivity index (χ3n) is 3.21. The molecule has 0 saturated carbocycles. The van der Waals surface area contributed by atoms with Gasteiger partial charge < -0.3 is 5.32 Å². The van der Waals surface area contributed by atoms with Gasteiger partial charge in [0.1, 0.15) is 0 Å². The SMILES string of the molecule is CNCC(C(C)C)N1CCCC1C. The Hall–Kier alpha value is -0.0800. The molecule has 78 valence electrons. The van der Waals surface area contributed by atoms with Gasteiger partial charge in [-0.1, -0.05) is 13.8 Å². The van der Waals surface area contributed by atoms with Crippen LogP contribution in [0.3, 0.4) is 0 Å². The van der Waals surface area contributed by atoms with Crippen LogP contribution in [-0.4, -0.2) is 37.1 Å². The van der Waals surface area contributed by atoms with Crippen LogP contribution in [0.4, 0.5) is 0 Å². The molecule has 1 aliphatic rings. The second-order valence-electron chi connectivity index (χ2n) is 4.60. The zero-order chi connectivity index (χ0) is 9.84. The zero-order valence-corrected chi connectivity index (χ0v) is 9.51. The largest absolute Gasteiger partial charge is 0.318 e. The molecule has 1 rings (SSSR count). The van der Waals surface area contributed by atoms with Crippen LogP contribution in [0, 0.1) is 5.92 Å². The van der Waals surface area contributed by atoms with Crippen LogP contribution in [0.25, 0.3) is 0 Å². The molecule has 1 heterocycles. The Morgan fingerprint density at radius 1 is 1.46 bits per heavy atom. The molecule has 1 fully saturated rings. The molecule has 0 radical (unpaired) electrons. The fourth-order valence-corrected chi connectivity index (χ4v) is 2.39. The maximum absolute atomic E-state index is 3.30. The van der Waals surface area contributed by atoms with Crippen molar-refractivity contribution in [2.24, 2.45) is 5.92 Å². The minimum atomic E-state index is 0.725. The molecule has 0 spiro atoms. The first-order valence-corrected chi connectivity index (χ1v) is 5.57. The lowest BCUT2D eigenvalue weighted by atomic mass is 10.0. The maximum atomic E-state index is 3.30.